The van der Waals surface area contributed by atoms with E-state index < -0.39 is 30.4 Å². The maximum absolute atomic E-state index is 13.6. The van der Waals surface area contributed by atoms with Gasteiger partial charge in [0.15, 0.2) is 0 Å². The molecule has 1 unspecified atom stereocenters. The lowest BCUT2D eigenvalue weighted by molar-refractivity contribution is -0.137. The summed E-state index contributed by atoms with van der Waals surface area (Å²) in [6.07, 6.45) is 4.24. The third kappa shape index (κ3) is 8.68. The minimum absolute atomic E-state index is 0.179. The normalized spacial score (nSPS) is 18.2. The van der Waals surface area contributed by atoms with Gasteiger partial charge in [0, 0.05) is 32.0 Å². The van der Waals surface area contributed by atoms with Crippen molar-refractivity contribution < 1.29 is 33.8 Å². The smallest absolute Gasteiger partial charge is 0.407 e. The Morgan fingerprint density at radius 1 is 0.807 bits per heavy atom. The molecule has 5 heterocycles. The summed E-state index contributed by atoms with van der Waals surface area (Å²) in [4.78, 5) is 74.6. The van der Waals surface area contributed by atoms with E-state index in [0.717, 1.165) is 52.9 Å². The molecule has 3 aromatic heterocycles. The van der Waals surface area contributed by atoms with E-state index in [9.17, 15) is 24.3 Å². The zero-order chi connectivity index (χ0) is 40.1. The van der Waals surface area contributed by atoms with Gasteiger partial charge in [0.25, 0.3) is 0 Å². The molecule has 0 bridgehead atoms. The number of thiazole rings is 1. The van der Waals surface area contributed by atoms with Gasteiger partial charge in [0.1, 0.15) is 23.7 Å². The van der Waals surface area contributed by atoms with Crippen molar-refractivity contribution in [1.82, 2.24) is 45.4 Å². The Kier molecular flexibility index (Phi) is 11.9. The van der Waals surface area contributed by atoms with Gasteiger partial charge < -0.3 is 45.0 Å². The van der Waals surface area contributed by atoms with E-state index in [1.54, 1.807) is 34.6 Å². The van der Waals surface area contributed by atoms with E-state index in [1.807, 2.05) is 53.9 Å². The summed E-state index contributed by atoms with van der Waals surface area (Å²) in [5.74, 6) is 0.791. The number of nitrogens with zero attached hydrogens (tertiary/aromatic N) is 5. The van der Waals surface area contributed by atoms with Gasteiger partial charge in [0.2, 0.25) is 11.8 Å². The number of nitrogens with one attached hydrogen (secondary N) is 4. The second kappa shape index (κ2) is 17.4. The number of carboxylic acid groups (broad SMARTS) is 1. The number of methoxy groups -OCH3 is 2. The SMILES string of the molecule is COC(=O)N[C@H](C(=O)N1CCCC1c1ncc(-c2ccc(-c3ccc(-c4cnc([C@@H]5CCCN5C(=O)[C@H](Cc5cscn5)NC(=O)O)[nH]4)cc3)cc2)[nH]1)[C@@H](C)OC. The van der Waals surface area contributed by atoms with E-state index >= 15 is 0 Å². The van der Waals surface area contributed by atoms with Gasteiger partial charge in [-0.15, -0.1) is 11.3 Å². The van der Waals surface area contributed by atoms with Crippen LogP contribution in [0.3, 0.4) is 0 Å². The van der Waals surface area contributed by atoms with Gasteiger partial charge in [-0.2, -0.15) is 0 Å². The highest BCUT2D eigenvalue weighted by molar-refractivity contribution is 7.07. The fourth-order valence-electron chi connectivity index (χ4n) is 7.60. The molecule has 7 rings (SSSR count). The molecule has 2 aliphatic rings. The number of carbonyl (C=O) groups excluding carboxylic acids is 3. The Balaban J connectivity index is 0.999. The van der Waals surface area contributed by atoms with Gasteiger partial charge in [-0.3, -0.25) is 9.59 Å². The zero-order valence-corrected chi connectivity index (χ0v) is 32.6. The summed E-state index contributed by atoms with van der Waals surface area (Å²) in [5.41, 5.74) is 7.91. The van der Waals surface area contributed by atoms with Crippen molar-refractivity contribution in [3.8, 4) is 33.6 Å². The number of benzene rings is 2. The number of rotatable bonds is 13. The highest BCUT2D eigenvalue weighted by Gasteiger charge is 2.39. The molecule has 5 aromatic rings. The number of aromatic nitrogens is 5. The van der Waals surface area contributed by atoms with Crippen LogP contribution < -0.4 is 10.6 Å². The summed E-state index contributed by atoms with van der Waals surface area (Å²) in [5, 5.41) is 16.2. The molecule has 2 saturated heterocycles. The van der Waals surface area contributed by atoms with Crippen molar-refractivity contribution in [3.63, 3.8) is 0 Å². The summed E-state index contributed by atoms with van der Waals surface area (Å²) in [6.45, 7) is 2.77. The van der Waals surface area contributed by atoms with Crippen molar-refractivity contribution in [1.29, 1.82) is 0 Å². The first kappa shape index (κ1) is 39.2. The molecule has 5 atom stereocenters. The monoisotopic (exact) mass is 795 g/mol. The number of imidazole rings is 2. The van der Waals surface area contributed by atoms with Crippen molar-refractivity contribution >= 4 is 35.3 Å². The predicted molar refractivity (Wildman–Crippen MR) is 211 cm³/mol. The van der Waals surface area contributed by atoms with E-state index in [0.29, 0.717) is 36.9 Å². The number of H-pyrrole nitrogens is 2. The zero-order valence-electron chi connectivity index (χ0n) is 31.8. The maximum atomic E-state index is 13.6. The summed E-state index contributed by atoms with van der Waals surface area (Å²) in [6, 6.07) is 13.9. The fourth-order valence-corrected chi connectivity index (χ4v) is 8.17. The summed E-state index contributed by atoms with van der Waals surface area (Å²) in [7, 11) is 2.75. The van der Waals surface area contributed by atoms with Crippen molar-refractivity contribution in [2.45, 2.75) is 69.3 Å². The molecule has 5 N–H and O–H groups in total. The lowest BCUT2D eigenvalue weighted by Gasteiger charge is -2.30. The number of ether oxygens (including phenoxy) is 2. The van der Waals surface area contributed by atoms with Crippen LogP contribution >= 0.6 is 11.3 Å². The molecule has 0 radical (unpaired) electrons. The molecule has 298 valence electrons. The molecule has 4 amide bonds. The quantitative estimate of drug-likeness (QED) is 0.100. The van der Waals surface area contributed by atoms with E-state index in [1.165, 1.54) is 25.6 Å². The number of carbonyl (C=O) groups is 4. The third-order valence-corrected chi connectivity index (χ3v) is 11.3. The van der Waals surface area contributed by atoms with Gasteiger partial charge in [0.05, 0.1) is 60.3 Å². The second-order valence-electron chi connectivity index (χ2n) is 14.1. The van der Waals surface area contributed by atoms with Gasteiger partial charge in [-0.1, -0.05) is 48.5 Å². The topological polar surface area (TPSA) is 208 Å². The van der Waals surface area contributed by atoms with Crippen LogP contribution in [-0.4, -0.2) is 109 Å². The van der Waals surface area contributed by atoms with Crippen LogP contribution in [0.1, 0.15) is 62.0 Å². The number of likely N-dealkylation sites (tertiary alicyclic amines) is 2. The lowest BCUT2D eigenvalue weighted by atomic mass is 10.0. The predicted octanol–water partition coefficient (Wildman–Crippen LogP) is 5.56. The van der Waals surface area contributed by atoms with E-state index in [-0.39, 0.29) is 30.3 Å². The van der Waals surface area contributed by atoms with Crippen LogP contribution in [0, 0.1) is 0 Å². The number of amides is 4. The first-order valence-corrected chi connectivity index (χ1v) is 19.7. The standard InChI is InChI=1S/C40H45N9O7S/c1-23(55-2)34(47-40(54)56-3)38(51)49-17-5-7-33(49)36-42-20-31(45-36)27-14-10-25(11-15-27)24-8-12-26(13-9-24)30-19-41-35(44-30)32-6-4-16-48(32)37(50)29(46-39(52)53)18-28-21-57-22-43-28/h8-15,19-23,29,32-34,46H,4-7,16-18H2,1-3H3,(H,41,44)(H,42,45)(H,47,54)(H,52,53)/t23-,29+,32+,33?,34+/m1/s1. The number of aromatic amines is 2. The highest BCUT2D eigenvalue weighted by atomic mass is 32.1. The van der Waals surface area contributed by atoms with Crippen LogP contribution in [0.4, 0.5) is 9.59 Å². The van der Waals surface area contributed by atoms with Crippen LogP contribution in [0.2, 0.25) is 0 Å². The molecule has 0 aliphatic carbocycles. The van der Waals surface area contributed by atoms with E-state index in [2.05, 4.69) is 35.6 Å². The van der Waals surface area contributed by atoms with Crippen LogP contribution in [0.25, 0.3) is 33.6 Å². The van der Waals surface area contributed by atoms with Crippen molar-refractivity contribution in [2.24, 2.45) is 0 Å². The van der Waals surface area contributed by atoms with Gasteiger partial charge in [-0.25, -0.2) is 24.5 Å². The first-order valence-electron chi connectivity index (χ1n) is 18.8. The first-order chi connectivity index (χ1) is 27.6. The fraction of sp³-hybridized carbons (Fsp3) is 0.375. The lowest BCUT2D eigenvalue weighted by Crippen LogP contribution is -2.54. The number of alkyl carbamates (subject to hydrolysis) is 1. The Labute approximate surface area is 333 Å². The van der Waals surface area contributed by atoms with Crippen molar-refractivity contribution in [2.75, 3.05) is 27.3 Å². The molecule has 57 heavy (non-hydrogen) atoms. The van der Waals surface area contributed by atoms with Crippen LogP contribution in [0.5, 0.6) is 0 Å². The molecule has 16 nitrogen and oxygen atoms in total. The number of hydrogen-bond donors (Lipinski definition) is 5. The maximum Gasteiger partial charge on any atom is 0.407 e. The van der Waals surface area contributed by atoms with E-state index in [4.69, 9.17) is 9.47 Å². The van der Waals surface area contributed by atoms with Crippen molar-refractivity contribution in [3.05, 3.63) is 89.2 Å². The van der Waals surface area contributed by atoms with Gasteiger partial charge in [-0.05, 0) is 54.9 Å². The Morgan fingerprint density at radius 3 is 1.81 bits per heavy atom. The highest BCUT2D eigenvalue weighted by Crippen LogP contribution is 2.35. The summed E-state index contributed by atoms with van der Waals surface area (Å²) >= 11 is 1.40. The Bertz CT molecular complexity index is 2170. The van der Waals surface area contributed by atoms with Crippen LogP contribution in [-0.2, 0) is 25.5 Å². The van der Waals surface area contributed by atoms with Crippen LogP contribution in [0.15, 0.2) is 71.8 Å². The number of hydrogen-bond acceptors (Lipinski definition) is 10. The molecular formula is C40H45N9O7S. The Morgan fingerprint density at radius 2 is 1.33 bits per heavy atom. The largest absolute Gasteiger partial charge is 0.465 e. The average molecular weight is 796 g/mol. The molecule has 2 aliphatic heterocycles. The van der Waals surface area contributed by atoms with Gasteiger partial charge >= 0.3 is 12.2 Å². The molecule has 2 aromatic carbocycles. The third-order valence-electron chi connectivity index (χ3n) is 10.7. The Hall–Kier alpha value is -6.07. The average Bonchev–Trinajstić information content (AvgIpc) is 4.08. The summed E-state index contributed by atoms with van der Waals surface area (Å²) < 4.78 is 10.1. The second-order valence-corrected chi connectivity index (χ2v) is 14.9. The minimum Gasteiger partial charge on any atom is -0.465 e. The molecule has 0 saturated carbocycles. The minimum atomic E-state index is -1.26. The molecule has 0 spiro atoms. The molecular weight excluding hydrogens is 751 g/mol. The molecule has 2 fully saturated rings. The molecule has 17 heteroatoms.